The summed E-state index contributed by atoms with van der Waals surface area (Å²) < 4.78 is 0. The van der Waals surface area contributed by atoms with Crippen LogP contribution >= 0.6 is 11.3 Å². The average molecular weight is 430 g/mol. The van der Waals surface area contributed by atoms with Crippen molar-refractivity contribution in [2.45, 2.75) is 73.1 Å². The van der Waals surface area contributed by atoms with Crippen molar-refractivity contribution in [3.05, 3.63) is 26.6 Å². The molecule has 0 bridgehead atoms. The second-order valence-corrected chi connectivity index (χ2v) is 11.8. The Hall–Kier alpha value is -1.69. The highest BCUT2D eigenvalue weighted by Crippen LogP contribution is 2.42. The highest BCUT2D eigenvalue weighted by molar-refractivity contribution is 7.18. The van der Waals surface area contributed by atoms with Crippen molar-refractivity contribution in [1.29, 1.82) is 0 Å². The number of thiophene rings is 1. The third kappa shape index (κ3) is 4.34. The van der Waals surface area contributed by atoms with Gasteiger partial charge in [0.05, 0.1) is 5.39 Å². The second kappa shape index (κ2) is 8.10. The summed E-state index contributed by atoms with van der Waals surface area (Å²) in [7, 11) is 0. The minimum absolute atomic E-state index is 0.0330. The lowest BCUT2D eigenvalue weighted by atomic mass is 9.72. The molecule has 0 radical (unpaired) electrons. The number of H-pyrrole nitrogens is 1. The van der Waals surface area contributed by atoms with Gasteiger partial charge in [0, 0.05) is 30.8 Å². The molecule has 2 aromatic heterocycles. The Labute approximate surface area is 183 Å². The molecule has 1 aliphatic heterocycles. The van der Waals surface area contributed by atoms with Crippen LogP contribution in [0.1, 0.15) is 70.1 Å². The summed E-state index contributed by atoms with van der Waals surface area (Å²) in [6, 6.07) is 0. The van der Waals surface area contributed by atoms with Crippen LogP contribution in [-0.4, -0.2) is 33.9 Å². The van der Waals surface area contributed by atoms with Crippen molar-refractivity contribution >= 4 is 27.5 Å². The summed E-state index contributed by atoms with van der Waals surface area (Å²) in [6.45, 7) is 13.0. The fraction of sp³-hybridized carbons (Fsp3) is 0.708. The summed E-state index contributed by atoms with van der Waals surface area (Å²) in [5.74, 6) is 2.57. The van der Waals surface area contributed by atoms with Crippen LogP contribution < -0.4 is 5.56 Å². The number of rotatable bonds is 3. The van der Waals surface area contributed by atoms with Gasteiger partial charge in [-0.25, -0.2) is 4.98 Å². The summed E-state index contributed by atoms with van der Waals surface area (Å²) in [4.78, 5) is 37.5. The number of nitrogens with zero attached hydrogens (tertiary/aromatic N) is 2. The maximum Gasteiger partial charge on any atom is 0.259 e. The molecule has 164 valence electrons. The van der Waals surface area contributed by atoms with Gasteiger partial charge in [0.25, 0.3) is 5.56 Å². The maximum atomic E-state index is 12.9. The standard InChI is InChI=1S/C24H35N3O2S/c1-14-10-15(2)13-27(12-14)20(28)9-8-19-25-22(29)21-17-7-6-16(24(3,4)5)11-18(17)30-23(21)26-19/h14-16H,6-13H2,1-5H3,(H,25,26,29). The van der Waals surface area contributed by atoms with E-state index >= 15 is 0 Å². The molecule has 1 N–H and O–H groups in total. The van der Waals surface area contributed by atoms with Gasteiger partial charge in [-0.2, -0.15) is 0 Å². The topological polar surface area (TPSA) is 66.1 Å². The number of aromatic nitrogens is 2. The first-order valence-corrected chi connectivity index (χ1v) is 12.2. The van der Waals surface area contributed by atoms with Crippen molar-refractivity contribution in [3.63, 3.8) is 0 Å². The molecular formula is C24H35N3O2S. The van der Waals surface area contributed by atoms with E-state index < -0.39 is 0 Å². The van der Waals surface area contributed by atoms with E-state index in [0.717, 1.165) is 42.6 Å². The third-order valence-corrected chi connectivity index (χ3v) is 8.14. The van der Waals surface area contributed by atoms with E-state index in [1.54, 1.807) is 11.3 Å². The molecule has 6 heteroatoms. The number of hydrogen-bond donors (Lipinski definition) is 1. The molecule has 1 aliphatic carbocycles. The van der Waals surface area contributed by atoms with Crippen LogP contribution in [0, 0.1) is 23.2 Å². The number of carbonyl (C=O) groups excluding carboxylic acids is 1. The first-order chi connectivity index (χ1) is 14.1. The Morgan fingerprint density at radius 3 is 2.60 bits per heavy atom. The van der Waals surface area contributed by atoms with Gasteiger partial charge in [-0.05, 0) is 54.4 Å². The van der Waals surface area contributed by atoms with Gasteiger partial charge in [0.2, 0.25) is 5.91 Å². The Kier molecular flexibility index (Phi) is 5.82. The van der Waals surface area contributed by atoms with Crippen molar-refractivity contribution in [2.24, 2.45) is 23.2 Å². The smallest absolute Gasteiger partial charge is 0.259 e. The lowest BCUT2D eigenvalue weighted by Crippen LogP contribution is -2.42. The number of fused-ring (bicyclic) bond motifs is 3. The van der Waals surface area contributed by atoms with Gasteiger partial charge in [-0.1, -0.05) is 34.6 Å². The summed E-state index contributed by atoms with van der Waals surface area (Å²) >= 11 is 1.68. The Balaban J connectivity index is 1.50. The van der Waals surface area contributed by atoms with Gasteiger partial charge in [-0.3, -0.25) is 9.59 Å². The van der Waals surface area contributed by atoms with Crippen LogP contribution in [0.3, 0.4) is 0 Å². The number of nitrogens with one attached hydrogen (secondary N) is 1. The number of aromatic amines is 1. The Morgan fingerprint density at radius 1 is 1.23 bits per heavy atom. The number of carbonyl (C=O) groups is 1. The largest absolute Gasteiger partial charge is 0.342 e. The van der Waals surface area contributed by atoms with Crippen LogP contribution in [0.2, 0.25) is 0 Å². The monoisotopic (exact) mass is 429 g/mol. The molecular weight excluding hydrogens is 394 g/mol. The molecule has 1 saturated heterocycles. The van der Waals surface area contributed by atoms with Crippen LogP contribution in [0.4, 0.5) is 0 Å². The number of piperidine rings is 1. The zero-order valence-electron chi connectivity index (χ0n) is 19.0. The molecule has 4 rings (SSSR count). The average Bonchev–Trinajstić information content (AvgIpc) is 3.02. The van der Waals surface area contributed by atoms with Gasteiger partial charge in [0.15, 0.2) is 0 Å². The molecule has 1 fully saturated rings. The molecule has 30 heavy (non-hydrogen) atoms. The first kappa shape index (κ1) is 21.5. The van der Waals surface area contributed by atoms with Crippen LogP contribution in [0.5, 0.6) is 0 Å². The summed E-state index contributed by atoms with van der Waals surface area (Å²) in [6.07, 6.45) is 5.23. The van der Waals surface area contributed by atoms with E-state index in [4.69, 9.17) is 4.98 Å². The molecule has 0 saturated carbocycles. The number of aryl methyl sites for hydroxylation is 2. The third-order valence-electron chi connectivity index (χ3n) is 6.99. The van der Waals surface area contributed by atoms with Crippen molar-refractivity contribution < 1.29 is 4.79 Å². The molecule has 0 aromatic carbocycles. The lowest BCUT2D eigenvalue weighted by Gasteiger charge is -2.35. The normalized spacial score (nSPS) is 24.8. The Morgan fingerprint density at radius 2 is 1.93 bits per heavy atom. The molecule has 1 amide bonds. The Bertz CT molecular complexity index is 990. The SMILES string of the molecule is CC1CC(C)CN(C(=O)CCc2nc3sc4c(c3c(=O)[nH]2)CCC(C(C)(C)C)C4)C1. The molecule has 2 aromatic rings. The van der Waals surface area contributed by atoms with Gasteiger partial charge >= 0.3 is 0 Å². The zero-order chi connectivity index (χ0) is 21.6. The second-order valence-electron chi connectivity index (χ2n) is 10.7. The fourth-order valence-electron chi connectivity index (χ4n) is 5.34. The van der Waals surface area contributed by atoms with Gasteiger partial charge in [-0.15, -0.1) is 11.3 Å². The lowest BCUT2D eigenvalue weighted by molar-refractivity contribution is -0.133. The highest BCUT2D eigenvalue weighted by Gasteiger charge is 2.32. The van der Waals surface area contributed by atoms with E-state index in [-0.39, 0.29) is 16.9 Å². The minimum Gasteiger partial charge on any atom is -0.342 e. The number of hydrogen-bond acceptors (Lipinski definition) is 4. The molecule has 0 spiro atoms. The maximum absolute atomic E-state index is 12.9. The van der Waals surface area contributed by atoms with E-state index in [1.807, 2.05) is 4.90 Å². The predicted molar refractivity (Wildman–Crippen MR) is 123 cm³/mol. The molecule has 5 nitrogen and oxygen atoms in total. The number of likely N-dealkylation sites (tertiary alicyclic amines) is 1. The predicted octanol–water partition coefficient (Wildman–Crippen LogP) is 4.57. The summed E-state index contributed by atoms with van der Waals surface area (Å²) in [5, 5.41) is 0.788. The van der Waals surface area contributed by atoms with Crippen molar-refractivity contribution in [1.82, 2.24) is 14.9 Å². The molecule has 2 aliphatic rings. The van der Waals surface area contributed by atoms with Crippen LogP contribution in [0.15, 0.2) is 4.79 Å². The quantitative estimate of drug-likeness (QED) is 0.777. The van der Waals surface area contributed by atoms with Crippen LogP contribution in [0.25, 0.3) is 10.2 Å². The molecule has 3 heterocycles. The van der Waals surface area contributed by atoms with E-state index in [0.29, 0.717) is 36.4 Å². The number of amides is 1. The highest BCUT2D eigenvalue weighted by atomic mass is 32.1. The molecule has 3 atom stereocenters. The minimum atomic E-state index is -0.0330. The van der Waals surface area contributed by atoms with E-state index in [9.17, 15) is 9.59 Å². The summed E-state index contributed by atoms with van der Waals surface area (Å²) in [5.41, 5.74) is 1.46. The van der Waals surface area contributed by atoms with Crippen LogP contribution in [-0.2, 0) is 24.1 Å². The fourth-order valence-corrected chi connectivity index (χ4v) is 6.66. The van der Waals surface area contributed by atoms with Gasteiger partial charge in [0.1, 0.15) is 10.7 Å². The van der Waals surface area contributed by atoms with E-state index in [1.165, 1.54) is 16.9 Å². The van der Waals surface area contributed by atoms with Crippen molar-refractivity contribution in [3.8, 4) is 0 Å². The van der Waals surface area contributed by atoms with Gasteiger partial charge < -0.3 is 9.88 Å². The van der Waals surface area contributed by atoms with Crippen molar-refractivity contribution in [2.75, 3.05) is 13.1 Å². The first-order valence-electron chi connectivity index (χ1n) is 11.4. The van der Waals surface area contributed by atoms with E-state index in [2.05, 4.69) is 39.6 Å². The molecule has 3 unspecified atom stereocenters. The zero-order valence-corrected chi connectivity index (χ0v) is 19.8.